The maximum Gasteiger partial charge on any atom is 0.251 e. The van der Waals surface area contributed by atoms with E-state index < -0.39 is 6.43 Å². The van der Waals surface area contributed by atoms with Gasteiger partial charge in [-0.25, -0.2) is 13.2 Å². The molecule has 1 aromatic rings. The summed E-state index contributed by atoms with van der Waals surface area (Å²) in [5.74, 6) is -0.0360. The van der Waals surface area contributed by atoms with Gasteiger partial charge in [-0.15, -0.1) is 0 Å². The number of likely N-dealkylation sites (tertiary alicyclic amines) is 1. The van der Waals surface area contributed by atoms with Crippen LogP contribution in [0.2, 0.25) is 0 Å². The first-order valence-corrected chi connectivity index (χ1v) is 8.26. The number of hydrogen-bond acceptors (Lipinski definition) is 3. The van der Waals surface area contributed by atoms with E-state index in [1.165, 1.54) is 12.1 Å². The quantitative estimate of drug-likeness (QED) is 0.915. The van der Waals surface area contributed by atoms with Crippen molar-refractivity contribution >= 4 is 5.91 Å². The van der Waals surface area contributed by atoms with Crippen LogP contribution in [0.25, 0.3) is 0 Å². The number of rotatable bonds is 4. The smallest absolute Gasteiger partial charge is 0.251 e. The molecule has 3 rings (SSSR count). The first-order chi connectivity index (χ1) is 11.5. The van der Waals surface area contributed by atoms with Crippen molar-refractivity contribution in [2.45, 2.75) is 31.7 Å². The lowest BCUT2D eigenvalue weighted by atomic mass is 9.94. The Balaban J connectivity index is 1.58. The molecule has 2 heterocycles. The number of halogens is 3. The van der Waals surface area contributed by atoms with Gasteiger partial charge in [0.15, 0.2) is 0 Å². The van der Waals surface area contributed by atoms with Crippen molar-refractivity contribution in [1.29, 1.82) is 0 Å². The Kier molecular flexibility index (Phi) is 5.28. The second-order valence-electron chi connectivity index (χ2n) is 6.35. The lowest BCUT2D eigenvalue weighted by Gasteiger charge is -2.33. The Morgan fingerprint density at radius 1 is 1.29 bits per heavy atom. The van der Waals surface area contributed by atoms with Crippen LogP contribution in [0, 0.1) is 11.7 Å². The molecule has 0 bridgehead atoms. The van der Waals surface area contributed by atoms with Gasteiger partial charge in [-0.2, -0.15) is 0 Å². The maximum atomic E-state index is 13.5. The van der Waals surface area contributed by atoms with Crippen molar-refractivity contribution in [3.8, 4) is 5.75 Å². The van der Waals surface area contributed by atoms with E-state index in [-0.39, 0.29) is 30.2 Å². The fourth-order valence-corrected chi connectivity index (χ4v) is 3.38. The highest BCUT2D eigenvalue weighted by atomic mass is 19.3. The van der Waals surface area contributed by atoms with E-state index in [0.29, 0.717) is 50.3 Å². The molecular weight excluding hydrogens is 321 g/mol. The van der Waals surface area contributed by atoms with Gasteiger partial charge in [-0.1, -0.05) is 0 Å². The minimum atomic E-state index is -2.34. The van der Waals surface area contributed by atoms with Gasteiger partial charge in [-0.05, 0) is 44.1 Å². The number of fused-ring (bicyclic) bond motifs is 1. The van der Waals surface area contributed by atoms with Crippen LogP contribution in [0.3, 0.4) is 0 Å². The topological polar surface area (TPSA) is 41.6 Å². The minimum Gasteiger partial charge on any atom is -0.493 e. The number of nitrogens with one attached hydrogen (secondary N) is 1. The van der Waals surface area contributed by atoms with E-state index in [2.05, 4.69) is 5.32 Å². The second kappa shape index (κ2) is 7.42. The lowest BCUT2D eigenvalue weighted by molar-refractivity contribution is -0.127. The number of benzene rings is 1. The fraction of sp³-hybridized carbons (Fsp3) is 0.588. The third-order valence-corrected chi connectivity index (χ3v) is 4.68. The van der Waals surface area contributed by atoms with Crippen LogP contribution in [-0.4, -0.2) is 43.5 Å². The molecule has 0 spiro atoms. The molecule has 0 aromatic heterocycles. The number of nitrogens with zero attached hydrogens (tertiary/aromatic N) is 1. The highest BCUT2D eigenvalue weighted by Crippen LogP contribution is 2.33. The molecule has 24 heavy (non-hydrogen) atoms. The highest BCUT2D eigenvalue weighted by molar-refractivity contribution is 5.79. The standard InChI is InChI=1S/C17H21F3N2O2/c18-12-1-2-15-13(9-12)14(5-8-24-15)21-17(23)11-3-6-22(7-4-11)10-16(19)20/h1-2,9,11,14,16H,3-8,10H2,(H,21,23). The highest BCUT2D eigenvalue weighted by Gasteiger charge is 2.29. The van der Waals surface area contributed by atoms with Gasteiger partial charge < -0.3 is 10.1 Å². The van der Waals surface area contributed by atoms with Crippen LogP contribution < -0.4 is 10.1 Å². The molecule has 0 aliphatic carbocycles. The third kappa shape index (κ3) is 4.01. The van der Waals surface area contributed by atoms with Crippen molar-refractivity contribution in [1.82, 2.24) is 10.2 Å². The van der Waals surface area contributed by atoms with E-state index >= 15 is 0 Å². The number of piperidine rings is 1. The monoisotopic (exact) mass is 342 g/mol. The molecule has 1 aromatic carbocycles. The van der Waals surface area contributed by atoms with Gasteiger partial charge in [0.2, 0.25) is 5.91 Å². The van der Waals surface area contributed by atoms with Crippen LogP contribution in [0.4, 0.5) is 13.2 Å². The summed E-state index contributed by atoms with van der Waals surface area (Å²) in [6.07, 6.45) is -0.619. The number of alkyl halides is 2. The minimum absolute atomic E-state index is 0.0891. The van der Waals surface area contributed by atoms with Gasteiger partial charge in [0, 0.05) is 17.9 Å². The molecule has 0 saturated carbocycles. The first-order valence-electron chi connectivity index (χ1n) is 8.26. The molecule has 1 atom stereocenters. The number of hydrogen-bond donors (Lipinski definition) is 1. The molecule has 4 nitrogen and oxygen atoms in total. The van der Waals surface area contributed by atoms with Gasteiger partial charge >= 0.3 is 0 Å². The third-order valence-electron chi connectivity index (χ3n) is 4.68. The summed E-state index contributed by atoms with van der Waals surface area (Å²) in [7, 11) is 0. The molecule has 1 N–H and O–H groups in total. The van der Waals surface area contributed by atoms with Gasteiger partial charge in [0.1, 0.15) is 11.6 Å². The van der Waals surface area contributed by atoms with Crippen molar-refractivity contribution in [2.75, 3.05) is 26.2 Å². The Bertz CT molecular complexity index is 589. The van der Waals surface area contributed by atoms with E-state index in [9.17, 15) is 18.0 Å². The summed E-state index contributed by atoms with van der Waals surface area (Å²) < 4.78 is 43.8. The first kappa shape index (κ1) is 17.1. The Labute approximate surface area is 139 Å². The molecule has 2 aliphatic heterocycles. The Morgan fingerprint density at radius 3 is 2.75 bits per heavy atom. The summed E-state index contributed by atoms with van der Waals surface area (Å²) >= 11 is 0. The summed E-state index contributed by atoms with van der Waals surface area (Å²) in [5, 5.41) is 2.98. The molecule has 0 radical (unpaired) electrons. The summed E-state index contributed by atoms with van der Waals surface area (Å²) in [6.45, 7) is 1.24. The van der Waals surface area contributed by atoms with Crippen LogP contribution in [0.5, 0.6) is 5.75 Å². The number of carbonyl (C=O) groups is 1. The van der Waals surface area contributed by atoms with Crippen LogP contribution in [0.15, 0.2) is 18.2 Å². The zero-order chi connectivity index (χ0) is 17.1. The normalized spacial score (nSPS) is 22.1. The van der Waals surface area contributed by atoms with Crippen LogP contribution >= 0.6 is 0 Å². The fourth-order valence-electron chi connectivity index (χ4n) is 3.38. The average Bonchev–Trinajstić information content (AvgIpc) is 2.55. The predicted molar refractivity (Wildman–Crippen MR) is 82.6 cm³/mol. The molecular formula is C17H21F3N2O2. The molecule has 132 valence electrons. The second-order valence-corrected chi connectivity index (χ2v) is 6.35. The SMILES string of the molecule is O=C(NC1CCOc2ccc(F)cc21)C1CCN(CC(F)F)CC1. The predicted octanol–water partition coefficient (Wildman–Crippen LogP) is 2.74. The number of ether oxygens (including phenoxy) is 1. The van der Waals surface area contributed by atoms with Crippen molar-refractivity contribution in [2.24, 2.45) is 5.92 Å². The molecule has 1 unspecified atom stereocenters. The maximum absolute atomic E-state index is 13.5. The Hall–Kier alpha value is -1.76. The van der Waals surface area contributed by atoms with Crippen LogP contribution in [-0.2, 0) is 4.79 Å². The zero-order valence-electron chi connectivity index (χ0n) is 13.3. The zero-order valence-corrected chi connectivity index (χ0v) is 13.3. The van der Waals surface area contributed by atoms with Crippen LogP contribution in [0.1, 0.15) is 30.9 Å². The van der Waals surface area contributed by atoms with E-state index in [4.69, 9.17) is 4.74 Å². The molecule has 7 heteroatoms. The summed E-state index contributed by atoms with van der Waals surface area (Å²) in [4.78, 5) is 14.2. The van der Waals surface area contributed by atoms with E-state index in [0.717, 1.165) is 0 Å². The molecule has 2 aliphatic rings. The summed E-state index contributed by atoms with van der Waals surface area (Å²) in [6, 6.07) is 4.04. The van der Waals surface area contributed by atoms with Crippen molar-refractivity contribution in [3.63, 3.8) is 0 Å². The van der Waals surface area contributed by atoms with E-state index in [1.54, 1.807) is 11.0 Å². The molecule has 1 saturated heterocycles. The largest absolute Gasteiger partial charge is 0.493 e. The Morgan fingerprint density at radius 2 is 2.04 bits per heavy atom. The van der Waals surface area contributed by atoms with Crippen molar-refractivity contribution in [3.05, 3.63) is 29.6 Å². The molecule has 1 fully saturated rings. The van der Waals surface area contributed by atoms with Gasteiger partial charge in [0.25, 0.3) is 6.43 Å². The molecule has 1 amide bonds. The number of amides is 1. The number of carbonyl (C=O) groups excluding carboxylic acids is 1. The van der Waals surface area contributed by atoms with Crippen molar-refractivity contribution < 1.29 is 22.7 Å². The summed E-state index contributed by atoms with van der Waals surface area (Å²) in [5.41, 5.74) is 0.657. The average molecular weight is 342 g/mol. The van der Waals surface area contributed by atoms with Gasteiger partial charge in [-0.3, -0.25) is 9.69 Å². The lowest BCUT2D eigenvalue weighted by Crippen LogP contribution is -2.43. The van der Waals surface area contributed by atoms with Gasteiger partial charge in [0.05, 0.1) is 19.2 Å². The van der Waals surface area contributed by atoms with E-state index in [1.807, 2.05) is 0 Å².